The van der Waals surface area contributed by atoms with E-state index < -0.39 is 5.97 Å². The Labute approximate surface area is 94.2 Å². The van der Waals surface area contributed by atoms with Crippen LogP contribution in [0.5, 0.6) is 5.75 Å². The third kappa shape index (κ3) is 3.74. The Morgan fingerprint density at radius 3 is 2.75 bits per heavy atom. The van der Waals surface area contributed by atoms with Gasteiger partial charge < -0.3 is 15.5 Å². The fourth-order valence-corrected chi connectivity index (χ4v) is 1.18. The number of hydrogen-bond acceptors (Lipinski definition) is 3. The number of carboxylic acids is 1. The molecule has 0 spiro atoms. The zero-order valence-corrected chi connectivity index (χ0v) is 9.10. The number of carbonyl (C=O) groups is 1. The van der Waals surface area contributed by atoms with E-state index in [1.807, 2.05) is 12.1 Å². The lowest BCUT2D eigenvalue weighted by atomic mass is 10.2. The average molecular weight is 221 g/mol. The summed E-state index contributed by atoms with van der Waals surface area (Å²) in [6.45, 7) is 2.52. The number of rotatable bonds is 5. The first-order valence-corrected chi connectivity index (χ1v) is 4.99. The second-order valence-corrected chi connectivity index (χ2v) is 3.45. The molecule has 0 aromatic heterocycles. The van der Waals surface area contributed by atoms with Crippen molar-refractivity contribution in [1.82, 2.24) is 5.32 Å². The monoisotopic (exact) mass is 221 g/mol. The average Bonchev–Trinajstić information content (AvgIpc) is 2.26. The van der Waals surface area contributed by atoms with Crippen molar-refractivity contribution >= 4 is 5.97 Å². The van der Waals surface area contributed by atoms with Gasteiger partial charge in [0.25, 0.3) is 0 Å². The van der Waals surface area contributed by atoms with Gasteiger partial charge in [0.2, 0.25) is 0 Å². The number of benzene rings is 1. The highest BCUT2D eigenvalue weighted by Crippen LogP contribution is 2.14. The maximum atomic E-state index is 10.5. The van der Waals surface area contributed by atoms with Gasteiger partial charge in [-0.15, -0.1) is 0 Å². The summed E-state index contributed by atoms with van der Waals surface area (Å²) < 4.78 is 0. The largest absolute Gasteiger partial charge is 0.508 e. The summed E-state index contributed by atoms with van der Waals surface area (Å²) in [7, 11) is 0. The van der Waals surface area contributed by atoms with Gasteiger partial charge in [0.05, 0.1) is 0 Å². The van der Waals surface area contributed by atoms with Gasteiger partial charge in [0.15, 0.2) is 0 Å². The van der Waals surface area contributed by atoms with Crippen LogP contribution in [0.4, 0.5) is 0 Å². The minimum atomic E-state index is -0.913. The van der Waals surface area contributed by atoms with Crippen LogP contribution in [-0.2, 0) is 11.3 Å². The number of carboxylic acid groups (broad SMARTS) is 1. The van der Waals surface area contributed by atoms with Crippen molar-refractivity contribution in [2.24, 2.45) is 0 Å². The molecule has 0 fully saturated rings. The fourth-order valence-electron chi connectivity index (χ4n) is 1.18. The highest BCUT2D eigenvalue weighted by Gasteiger charge is 1.99. The maximum Gasteiger partial charge on any atom is 0.330 e. The SMILES string of the molecule is C/C(=C/CNCc1ccccc1O)C(=O)O. The molecule has 0 atom stereocenters. The lowest BCUT2D eigenvalue weighted by Crippen LogP contribution is -2.14. The minimum Gasteiger partial charge on any atom is -0.508 e. The highest BCUT2D eigenvalue weighted by molar-refractivity contribution is 5.85. The summed E-state index contributed by atoms with van der Waals surface area (Å²) in [5, 5.41) is 21.1. The van der Waals surface area contributed by atoms with Crippen LogP contribution in [0.2, 0.25) is 0 Å². The van der Waals surface area contributed by atoms with Gasteiger partial charge in [-0.3, -0.25) is 0 Å². The minimum absolute atomic E-state index is 0.244. The van der Waals surface area contributed by atoms with E-state index in [9.17, 15) is 9.90 Å². The molecule has 3 N–H and O–H groups in total. The van der Waals surface area contributed by atoms with Crippen molar-refractivity contribution in [3.8, 4) is 5.75 Å². The summed E-state index contributed by atoms with van der Waals surface area (Å²) in [5.41, 5.74) is 1.11. The first-order chi connectivity index (χ1) is 7.61. The normalized spacial score (nSPS) is 11.4. The van der Waals surface area contributed by atoms with Gasteiger partial charge >= 0.3 is 5.97 Å². The molecule has 0 aliphatic rings. The molecule has 4 heteroatoms. The van der Waals surface area contributed by atoms with E-state index in [4.69, 9.17) is 5.11 Å². The summed E-state index contributed by atoms with van der Waals surface area (Å²) in [4.78, 5) is 10.5. The first kappa shape index (κ1) is 12.3. The van der Waals surface area contributed by atoms with Gasteiger partial charge in [0.1, 0.15) is 5.75 Å². The van der Waals surface area contributed by atoms with Crippen molar-refractivity contribution in [2.45, 2.75) is 13.5 Å². The summed E-state index contributed by atoms with van der Waals surface area (Å²) in [5.74, 6) is -0.668. The zero-order chi connectivity index (χ0) is 12.0. The third-order valence-corrected chi connectivity index (χ3v) is 2.20. The lowest BCUT2D eigenvalue weighted by Gasteiger charge is -2.04. The fraction of sp³-hybridized carbons (Fsp3) is 0.250. The van der Waals surface area contributed by atoms with E-state index in [2.05, 4.69) is 5.32 Å². The van der Waals surface area contributed by atoms with E-state index >= 15 is 0 Å². The van der Waals surface area contributed by atoms with E-state index in [1.54, 1.807) is 25.1 Å². The Morgan fingerprint density at radius 1 is 1.44 bits per heavy atom. The maximum absolute atomic E-state index is 10.5. The molecule has 0 aliphatic carbocycles. The van der Waals surface area contributed by atoms with Crippen LogP contribution in [0.3, 0.4) is 0 Å². The Balaban J connectivity index is 2.40. The number of phenolic OH excluding ortho intramolecular Hbond substituents is 1. The molecule has 0 bridgehead atoms. The van der Waals surface area contributed by atoms with Crippen LogP contribution in [0.25, 0.3) is 0 Å². The molecule has 0 saturated carbocycles. The van der Waals surface area contributed by atoms with Crippen LogP contribution < -0.4 is 5.32 Å². The Hall–Kier alpha value is -1.81. The molecule has 0 aliphatic heterocycles. The number of para-hydroxylation sites is 1. The van der Waals surface area contributed by atoms with Crippen molar-refractivity contribution < 1.29 is 15.0 Å². The Bertz CT molecular complexity index is 399. The van der Waals surface area contributed by atoms with E-state index in [0.717, 1.165) is 5.56 Å². The van der Waals surface area contributed by atoms with Gasteiger partial charge in [-0.25, -0.2) is 4.79 Å². The van der Waals surface area contributed by atoms with Crippen molar-refractivity contribution in [2.75, 3.05) is 6.54 Å². The smallest absolute Gasteiger partial charge is 0.330 e. The standard InChI is InChI=1S/C12H15NO3/c1-9(12(15)16)6-7-13-8-10-4-2-3-5-11(10)14/h2-6,13-14H,7-8H2,1H3,(H,15,16)/b9-6-. The molecule has 0 amide bonds. The molecule has 1 aromatic rings. The van der Waals surface area contributed by atoms with E-state index in [0.29, 0.717) is 18.7 Å². The van der Waals surface area contributed by atoms with E-state index in [-0.39, 0.29) is 5.75 Å². The quantitative estimate of drug-likeness (QED) is 0.520. The second kappa shape index (κ2) is 5.92. The van der Waals surface area contributed by atoms with Gasteiger partial charge in [0, 0.05) is 24.2 Å². The molecule has 0 heterocycles. The van der Waals surface area contributed by atoms with Crippen molar-refractivity contribution in [3.05, 3.63) is 41.5 Å². The second-order valence-electron chi connectivity index (χ2n) is 3.45. The zero-order valence-electron chi connectivity index (χ0n) is 9.10. The van der Waals surface area contributed by atoms with Crippen molar-refractivity contribution in [3.63, 3.8) is 0 Å². The number of aromatic hydroxyl groups is 1. The molecular weight excluding hydrogens is 206 g/mol. The molecule has 0 radical (unpaired) electrons. The number of nitrogens with one attached hydrogen (secondary N) is 1. The van der Waals surface area contributed by atoms with Crippen LogP contribution in [0.15, 0.2) is 35.9 Å². The molecule has 0 saturated heterocycles. The summed E-state index contributed by atoms with van der Waals surface area (Å²) >= 11 is 0. The van der Waals surface area contributed by atoms with E-state index in [1.165, 1.54) is 0 Å². The molecule has 86 valence electrons. The van der Waals surface area contributed by atoms with Crippen LogP contribution in [0.1, 0.15) is 12.5 Å². The molecule has 16 heavy (non-hydrogen) atoms. The number of hydrogen-bond donors (Lipinski definition) is 3. The topological polar surface area (TPSA) is 69.6 Å². The van der Waals surface area contributed by atoms with Gasteiger partial charge in [-0.2, -0.15) is 0 Å². The molecular formula is C12H15NO3. The van der Waals surface area contributed by atoms with Crippen molar-refractivity contribution in [1.29, 1.82) is 0 Å². The summed E-state index contributed by atoms with van der Waals surface area (Å²) in [6, 6.07) is 7.04. The number of phenols is 1. The molecule has 4 nitrogen and oxygen atoms in total. The van der Waals surface area contributed by atoms with Gasteiger partial charge in [-0.1, -0.05) is 24.3 Å². The molecule has 1 rings (SSSR count). The molecule has 0 unspecified atom stereocenters. The van der Waals surface area contributed by atoms with Crippen LogP contribution in [0, 0.1) is 0 Å². The Morgan fingerprint density at radius 2 is 2.12 bits per heavy atom. The predicted octanol–water partition coefficient (Wildman–Crippen LogP) is 1.51. The van der Waals surface area contributed by atoms with Crippen LogP contribution >= 0.6 is 0 Å². The van der Waals surface area contributed by atoms with Gasteiger partial charge in [-0.05, 0) is 13.0 Å². The van der Waals surface area contributed by atoms with Crippen LogP contribution in [-0.4, -0.2) is 22.7 Å². The predicted molar refractivity (Wildman–Crippen MR) is 61.2 cm³/mol. The Kier molecular flexibility index (Phi) is 4.54. The summed E-state index contributed by atoms with van der Waals surface area (Å²) in [6.07, 6.45) is 1.60. The lowest BCUT2D eigenvalue weighted by molar-refractivity contribution is -0.132. The molecule has 1 aromatic carbocycles. The highest BCUT2D eigenvalue weighted by atomic mass is 16.4. The number of aliphatic carboxylic acids is 1. The first-order valence-electron chi connectivity index (χ1n) is 4.99. The third-order valence-electron chi connectivity index (χ3n) is 2.20.